The number of nitrogens with zero attached hydrogens (tertiary/aromatic N) is 1. The summed E-state index contributed by atoms with van der Waals surface area (Å²) in [7, 11) is 2.96. The molecule has 6 heteroatoms. The number of hydrogen-bond donors (Lipinski definition) is 1. The van der Waals surface area contributed by atoms with Crippen LogP contribution in [-0.4, -0.2) is 54.8 Å². The SMILES string of the molecule is CON(C)C(=O)[C@H](C)[C@@H](O)CC/C(C)=C\C1COC(C)(C)O1. The standard InChI is InChI=1S/C16H29NO5/c1-11(9-13-10-21-16(3,4)22-13)7-8-14(18)12(2)15(19)17(5)20-6/h9,12-14,18H,7-8,10H2,1-6H3/b11-9-/t12-,13?,14+/m1/s1. The van der Waals surface area contributed by atoms with E-state index in [1.807, 2.05) is 26.8 Å². The molecule has 1 N–H and O–H groups in total. The van der Waals surface area contributed by atoms with Crippen LogP contribution in [0.4, 0.5) is 0 Å². The van der Waals surface area contributed by atoms with E-state index >= 15 is 0 Å². The maximum Gasteiger partial charge on any atom is 0.251 e. The molecule has 1 aliphatic rings. The number of rotatable bonds is 7. The van der Waals surface area contributed by atoms with Crippen molar-refractivity contribution in [1.29, 1.82) is 0 Å². The highest BCUT2D eigenvalue weighted by Crippen LogP contribution is 2.24. The molecule has 0 aromatic rings. The average molecular weight is 315 g/mol. The van der Waals surface area contributed by atoms with Crippen molar-refractivity contribution < 1.29 is 24.2 Å². The molecular formula is C16H29NO5. The van der Waals surface area contributed by atoms with Crippen LogP contribution in [0.2, 0.25) is 0 Å². The van der Waals surface area contributed by atoms with Gasteiger partial charge in [0.05, 0.1) is 25.7 Å². The van der Waals surface area contributed by atoms with E-state index in [1.165, 1.54) is 14.2 Å². The maximum atomic E-state index is 11.9. The van der Waals surface area contributed by atoms with Gasteiger partial charge in [-0.2, -0.15) is 0 Å². The molecule has 1 saturated heterocycles. The van der Waals surface area contributed by atoms with Crippen LogP contribution >= 0.6 is 0 Å². The first-order valence-electron chi connectivity index (χ1n) is 7.65. The fourth-order valence-corrected chi connectivity index (χ4v) is 2.37. The Kier molecular flexibility index (Phi) is 6.99. The quantitative estimate of drug-likeness (QED) is 0.574. The normalized spacial score (nSPS) is 24.1. The van der Waals surface area contributed by atoms with Gasteiger partial charge in [-0.15, -0.1) is 0 Å². The molecule has 1 amide bonds. The highest BCUT2D eigenvalue weighted by molar-refractivity contribution is 5.77. The Morgan fingerprint density at radius 2 is 2.18 bits per heavy atom. The number of hydroxylamine groups is 2. The number of carbonyl (C=O) groups is 1. The lowest BCUT2D eigenvalue weighted by molar-refractivity contribution is -0.176. The number of aliphatic hydroxyl groups excluding tert-OH is 1. The highest BCUT2D eigenvalue weighted by atomic mass is 16.7. The lowest BCUT2D eigenvalue weighted by Crippen LogP contribution is -2.36. The topological polar surface area (TPSA) is 68.2 Å². The lowest BCUT2D eigenvalue weighted by Gasteiger charge is -2.22. The molecule has 0 bridgehead atoms. The van der Waals surface area contributed by atoms with Gasteiger partial charge < -0.3 is 14.6 Å². The zero-order chi connectivity index (χ0) is 16.9. The van der Waals surface area contributed by atoms with E-state index < -0.39 is 17.8 Å². The van der Waals surface area contributed by atoms with Crippen molar-refractivity contribution in [3.05, 3.63) is 11.6 Å². The van der Waals surface area contributed by atoms with E-state index in [0.29, 0.717) is 19.4 Å². The van der Waals surface area contributed by atoms with Gasteiger partial charge in [0.15, 0.2) is 5.79 Å². The number of aliphatic hydroxyl groups is 1. The molecule has 3 atom stereocenters. The predicted molar refractivity (Wildman–Crippen MR) is 82.8 cm³/mol. The molecule has 0 spiro atoms. The molecule has 0 aromatic heterocycles. The van der Waals surface area contributed by atoms with E-state index in [-0.39, 0.29) is 12.0 Å². The molecule has 0 saturated carbocycles. The lowest BCUT2D eigenvalue weighted by atomic mass is 9.97. The first-order valence-corrected chi connectivity index (χ1v) is 7.65. The summed E-state index contributed by atoms with van der Waals surface area (Å²) in [6, 6.07) is 0. The molecule has 0 aromatic carbocycles. The molecule has 1 rings (SSSR count). The van der Waals surface area contributed by atoms with Crippen LogP contribution in [-0.2, 0) is 19.1 Å². The molecule has 0 radical (unpaired) electrons. The van der Waals surface area contributed by atoms with Gasteiger partial charge in [0.25, 0.3) is 5.91 Å². The first-order chi connectivity index (χ1) is 10.2. The summed E-state index contributed by atoms with van der Waals surface area (Å²) in [6.45, 7) is 8.02. The van der Waals surface area contributed by atoms with Gasteiger partial charge in [0.2, 0.25) is 0 Å². The molecule has 1 fully saturated rings. The van der Waals surface area contributed by atoms with Gasteiger partial charge in [-0.05, 0) is 33.6 Å². The third-order valence-corrected chi connectivity index (χ3v) is 3.89. The van der Waals surface area contributed by atoms with Crippen molar-refractivity contribution in [2.24, 2.45) is 5.92 Å². The zero-order valence-corrected chi connectivity index (χ0v) is 14.5. The minimum Gasteiger partial charge on any atom is -0.392 e. The zero-order valence-electron chi connectivity index (χ0n) is 14.5. The highest BCUT2D eigenvalue weighted by Gasteiger charge is 2.31. The Bertz CT molecular complexity index is 407. The van der Waals surface area contributed by atoms with Crippen LogP contribution in [0.15, 0.2) is 11.6 Å². The second-order valence-electron chi connectivity index (χ2n) is 6.29. The summed E-state index contributed by atoms with van der Waals surface area (Å²) in [5, 5.41) is 11.3. The van der Waals surface area contributed by atoms with Gasteiger partial charge in [-0.1, -0.05) is 18.6 Å². The van der Waals surface area contributed by atoms with Gasteiger partial charge in [-0.25, -0.2) is 5.06 Å². The van der Waals surface area contributed by atoms with Crippen molar-refractivity contribution in [3.63, 3.8) is 0 Å². The number of amides is 1. The van der Waals surface area contributed by atoms with E-state index in [9.17, 15) is 9.90 Å². The largest absolute Gasteiger partial charge is 0.392 e. The summed E-state index contributed by atoms with van der Waals surface area (Å²) in [5.74, 6) is -1.26. The van der Waals surface area contributed by atoms with E-state index in [4.69, 9.17) is 14.3 Å². The number of hydrogen-bond acceptors (Lipinski definition) is 5. The van der Waals surface area contributed by atoms with Crippen LogP contribution in [0.3, 0.4) is 0 Å². The number of allylic oxidation sites excluding steroid dienone is 1. The van der Waals surface area contributed by atoms with Gasteiger partial charge in [0, 0.05) is 7.05 Å². The van der Waals surface area contributed by atoms with Crippen molar-refractivity contribution >= 4 is 5.91 Å². The molecular weight excluding hydrogens is 286 g/mol. The smallest absolute Gasteiger partial charge is 0.251 e. The van der Waals surface area contributed by atoms with Crippen molar-refractivity contribution in [1.82, 2.24) is 5.06 Å². The van der Waals surface area contributed by atoms with Crippen LogP contribution in [0.5, 0.6) is 0 Å². The fourth-order valence-electron chi connectivity index (χ4n) is 2.37. The second-order valence-corrected chi connectivity index (χ2v) is 6.29. The Morgan fingerprint density at radius 3 is 2.68 bits per heavy atom. The second kappa shape index (κ2) is 8.06. The monoisotopic (exact) mass is 315 g/mol. The minimum atomic E-state index is -0.703. The molecule has 0 aliphatic carbocycles. The van der Waals surface area contributed by atoms with Gasteiger partial charge in [-0.3, -0.25) is 9.63 Å². The molecule has 128 valence electrons. The van der Waals surface area contributed by atoms with Crippen LogP contribution in [0, 0.1) is 5.92 Å². The average Bonchev–Trinajstić information content (AvgIpc) is 2.80. The van der Waals surface area contributed by atoms with E-state index in [0.717, 1.165) is 10.6 Å². The van der Waals surface area contributed by atoms with E-state index in [1.54, 1.807) is 6.92 Å². The summed E-state index contributed by atoms with van der Waals surface area (Å²) in [5.41, 5.74) is 1.12. The molecule has 6 nitrogen and oxygen atoms in total. The molecule has 1 heterocycles. The Hall–Kier alpha value is -0.950. The Balaban J connectivity index is 2.43. The van der Waals surface area contributed by atoms with Crippen molar-refractivity contribution in [2.75, 3.05) is 20.8 Å². The third-order valence-electron chi connectivity index (χ3n) is 3.89. The van der Waals surface area contributed by atoms with Crippen molar-refractivity contribution in [3.8, 4) is 0 Å². The van der Waals surface area contributed by atoms with Gasteiger partial charge >= 0.3 is 0 Å². The van der Waals surface area contributed by atoms with Crippen LogP contribution in [0.25, 0.3) is 0 Å². The molecule has 1 unspecified atom stereocenters. The summed E-state index contributed by atoms with van der Waals surface area (Å²) < 4.78 is 11.2. The fraction of sp³-hybridized carbons (Fsp3) is 0.812. The van der Waals surface area contributed by atoms with E-state index in [2.05, 4.69) is 0 Å². The van der Waals surface area contributed by atoms with Gasteiger partial charge in [0.1, 0.15) is 6.10 Å². The summed E-state index contributed by atoms with van der Waals surface area (Å²) >= 11 is 0. The minimum absolute atomic E-state index is 0.0502. The summed E-state index contributed by atoms with van der Waals surface area (Å²) in [4.78, 5) is 16.7. The van der Waals surface area contributed by atoms with Crippen LogP contribution < -0.4 is 0 Å². The number of ether oxygens (including phenoxy) is 2. The predicted octanol–water partition coefficient (Wildman–Crippen LogP) is 1.88. The maximum absolute atomic E-state index is 11.9. The first kappa shape index (κ1) is 19.1. The molecule has 22 heavy (non-hydrogen) atoms. The Labute approximate surface area is 133 Å². The summed E-state index contributed by atoms with van der Waals surface area (Å²) in [6.07, 6.45) is 2.49. The number of carbonyl (C=O) groups excluding carboxylic acids is 1. The van der Waals surface area contributed by atoms with Crippen LogP contribution in [0.1, 0.15) is 40.5 Å². The molecule has 1 aliphatic heterocycles. The van der Waals surface area contributed by atoms with Crippen molar-refractivity contribution in [2.45, 2.75) is 58.5 Å². The third kappa shape index (κ3) is 5.68. The Morgan fingerprint density at radius 1 is 1.55 bits per heavy atom.